The van der Waals surface area contributed by atoms with Gasteiger partial charge in [0, 0.05) is 56.0 Å². The number of aromatic nitrogens is 1. The standard InChI is InChI=1S/C27H17Cl2N3O5S/c28-21-5-3-6-22(29)20(21)14-30-13-17(19-4-1-2-7-23(19)30)12-25-26(34)31(27(35)38-25)15-24(33)16-8-10-18(11-9-16)32(36)37/h1-13H,14-15H2/b25-12-. The minimum absolute atomic E-state index is 0.161. The molecular formula is C27H17Cl2N3O5S. The molecule has 5 rings (SSSR count). The molecule has 0 bridgehead atoms. The quantitative estimate of drug-likeness (QED) is 0.105. The number of imide groups is 1. The number of Topliss-reactive ketones (excluding diaryl/α,β-unsaturated/α-hetero) is 1. The van der Waals surface area contributed by atoms with Crippen LogP contribution in [0.25, 0.3) is 17.0 Å². The molecule has 1 aromatic heterocycles. The number of nitro benzene ring substituents is 1. The Morgan fingerprint density at radius 1 is 0.974 bits per heavy atom. The van der Waals surface area contributed by atoms with Gasteiger partial charge in [0.25, 0.3) is 16.8 Å². The highest BCUT2D eigenvalue weighted by molar-refractivity contribution is 8.18. The average molecular weight is 566 g/mol. The van der Waals surface area contributed by atoms with Crippen molar-refractivity contribution in [2.24, 2.45) is 0 Å². The Morgan fingerprint density at radius 2 is 1.66 bits per heavy atom. The van der Waals surface area contributed by atoms with E-state index in [1.807, 2.05) is 35.0 Å². The molecular weight excluding hydrogens is 549 g/mol. The number of hydrogen-bond acceptors (Lipinski definition) is 6. The zero-order chi connectivity index (χ0) is 27.0. The lowest BCUT2D eigenvalue weighted by atomic mass is 10.1. The van der Waals surface area contributed by atoms with Gasteiger partial charge in [-0.1, -0.05) is 47.5 Å². The van der Waals surface area contributed by atoms with Gasteiger partial charge in [-0.25, -0.2) is 0 Å². The number of nitrogens with zero attached hydrogens (tertiary/aromatic N) is 3. The van der Waals surface area contributed by atoms with Gasteiger partial charge in [-0.2, -0.15) is 0 Å². The van der Waals surface area contributed by atoms with Crippen molar-refractivity contribution in [1.82, 2.24) is 9.47 Å². The highest BCUT2D eigenvalue weighted by Crippen LogP contribution is 2.35. The maximum Gasteiger partial charge on any atom is 0.293 e. The van der Waals surface area contributed by atoms with Gasteiger partial charge in [0.2, 0.25) is 0 Å². The zero-order valence-electron chi connectivity index (χ0n) is 19.5. The van der Waals surface area contributed by atoms with Crippen molar-refractivity contribution in [3.8, 4) is 0 Å². The third kappa shape index (κ3) is 4.96. The fourth-order valence-electron chi connectivity index (χ4n) is 4.16. The van der Waals surface area contributed by atoms with Crippen molar-refractivity contribution < 1.29 is 19.3 Å². The van der Waals surface area contributed by atoms with Crippen molar-refractivity contribution in [2.45, 2.75) is 6.54 Å². The number of para-hydroxylation sites is 1. The molecule has 1 aliphatic rings. The van der Waals surface area contributed by atoms with Crippen molar-refractivity contribution in [1.29, 1.82) is 0 Å². The highest BCUT2D eigenvalue weighted by Gasteiger charge is 2.36. The van der Waals surface area contributed by atoms with Crippen LogP contribution in [0.5, 0.6) is 0 Å². The van der Waals surface area contributed by atoms with Crippen molar-refractivity contribution >= 4 is 74.6 Å². The SMILES string of the molecule is O=C(CN1C(=O)S/C(=C\c2cn(Cc3c(Cl)cccc3Cl)c3ccccc23)C1=O)c1ccc([N+](=O)[O-])cc1. The van der Waals surface area contributed by atoms with Crippen LogP contribution >= 0.6 is 35.0 Å². The number of thioether (sulfide) groups is 1. The largest absolute Gasteiger partial charge is 0.342 e. The van der Waals surface area contributed by atoms with Crippen LogP contribution in [0.15, 0.2) is 77.8 Å². The van der Waals surface area contributed by atoms with Gasteiger partial charge < -0.3 is 4.57 Å². The Morgan fingerprint density at radius 3 is 2.34 bits per heavy atom. The number of ketones is 1. The summed E-state index contributed by atoms with van der Waals surface area (Å²) in [6, 6.07) is 17.9. The van der Waals surface area contributed by atoms with E-state index in [2.05, 4.69) is 0 Å². The number of nitro groups is 1. The Hall–Kier alpha value is -3.92. The molecule has 1 aliphatic heterocycles. The number of rotatable bonds is 7. The molecule has 1 saturated heterocycles. The second kappa shape index (κ2) is 10.4. The summed E-state index contributed by atoms with van der Waals surface area (Å²) in [5.74, 6) is -1.09. The fraction of sp³-hybridized carbons (Fsp3) is 0.0741. The van der Waals surface area contributed by atoms with E-state index in [1.54, 1.807) is 24.3 Å². The lowest BCUT2D eigenvalue weighted by Crippen LogP contribution is -2.33. The molecule has 0 aliphatic carbocycles. The highest BCUT2D eigenvalue weighted by atomic mass is 35.5. The molecule has 0 unspecified atom stereocenters. The van der Waals surface area contributed by atoms with E-state index in [1.165, 1.54) is 24.3 Å². The Balaban J connectivity index is 1.41. The molecule has 3 aromatic carbocycles. The first-order valence-corrected chi connectivity index (χ1v) is 12.8. The second-order valence-corrected chi connectivity index (χ2v) is 10.2. The van der Waals surface area contributed by atoms with Crippen LogP contribution in [0.1, 0.15) is 21.5 Å². The molecule has 2 heterocycles. The molecule has 2 amide bonds. The van der Waals surface area contributed by atoms with Crippen molar-refractivity contribution in [2.75, 3.05) is 6.54 Å². The van der Waals surface area contributed by atoms with Crippen LogP contribution in [0.2, 0.25) is 10.0 Å². The maximum absolute atomic E-state index is 13.1. The van der Waals surface area contributed by atoms with E-state index in [-0.39, 0.29) is 16.2 Å². The monoisotopic (exact) mass is 565 g/mol. The molecule has 0 saturated carbocycles. The van der Waals surface area contributed by atoms with Crippen LogP contribution < -0.4 is 0 Å². The summed E-state index contributed by atoms with van der Waals surface area (Å²) in [6.07, 6.45) is 3.49. The fourth-order valence-corrected chi connectivity index (χ4v) is 5.50. The van der Waals surface area contributed by atoms with E-state index >= 15 is 0 Å². The smallest absolute Gasteiger partial charge is 0.293 e. The number of non-ortho nitro benzene ring substituents is 1. The third-order valence-corrected chi connectivity index (χ3v) is 7.69. The van der Waals surface area contributed by atoms with E-state index in [4.69, 9.17) is 23.2 Å². The minimum atomic E-state index is -0.582. The van der Waals surface area contributed by atoms with Gasteiger partial charge in [0.1, 0.15) is 0 Å². The third-order valence-electron chi connectivity index (χ3n) is 6.07. The molecule has 190 valence electrons. The van der Waals surface area contributed by atoms with Crippen LogP contribution in [-0.4, -0.2) is 37.9 Å². The van der Waals surface area contributed by atoms with Gasteiger partial charge >= 0.3 is 0 Å². The number of halogens is 2. The molecule has 38 heavy (non-hydrogen) atoms. The number of hydrogen-bond donors (Lipinski definition) is 0. The first-order valence-electron chi connectivity index (χ1n) is 11.3. The number of carbonyl (C=O) groups is 3. The van der Waals surface area contributed by atoms with Crippen LogP contribution in [0.4, 0.5) is 10.5 Å². The molecule has 11 heteroatoms. The number of amides is 2. The molecule has 0 atom stereocenters. The van der Waals surface area contributed by atoms with E-state index < -0.39 is 28.4 Å². The summed E-state index contributed by atoms with van der Waals surface area (Å²) >= 11 is 13.5. The lowest BCUT2D eigenvalue weighted by molar-refractivity contribution is -0.384. The predicted molar refractivity (Wildman–Crippen MR) is 148 cm³/mol. The molecule has 8 nitrogen and oxygen atoms in total. The van der Waals surface area contributed by atoms with Crippen molar-refractivity contribution in [3.63, 3.8) is 0 Å². The van der Waals surface area contributed by atoms with Crippen LogP contribution in [-0.2, 0) is 11.3 Å². The minimum Gasteiger partial charge on any atom is -0.342 e. The lowest BCUT2D eigenvalue weighted by Gasteiger charge is -2.11. The summed E-state index contributed by atoms with van der Waals surface area (Å²) < 4.78 is 1.97. The van der Waals surface area contributed by atoms with E-state index in [0.29, 0.717) is 16.6 Å². The second-order valence-electron chi connectivity index (χ2n) is 8.42. The maximum atomic E-state index is 13.1. The molecule has 0 spiro atoms. The summed E-state index contributed by atoms with van der Waals surface area (Å²) in [5.41, 5.74) is 2.37. The summed E-state index contributed by atoms with van der Waals surface area (Å²) in [4.78, 5) is 49.7. The first kappa shape index (κ1) is 25.7. The van der Waals surface area contributed by atoms with Gasteiger partial charge in [0.05, 0.1) is 22.9 Å². The molecule has 1 fully saturated rings. The van der Waals surface area contributed by atoms with Crippen molar-refractivity contribution in [3.05, 3.63) is 115 Å². The number of fused-ring (bicyclic) bond motifs is 1. The first-order chi connectivity index (χ1) is 18.2. The van der Waals surface area contributed by atoms with E-state index in [0.717, 1.165) is 38.7 Å². The van der Waals surface area contributed by atoms with Gasteiger partial charge in [-0.3, -0.25) is 29.4 Å². The Bertz CT molecular complexity index is 1640. The van der Waals surface area contributed by atoms with Gasteiger partial charge in [0.15, 0.2) is 5.78 Å². The molecule has 4 aromatic rings. The summed E-state index contributed by atoms with van der Waals surface area (Å²) in [6.45, 7) is -0.0648. The number of carbonyl (C=O) groups excluding carboxylic acids is 3. The molecule has 0 radical (unpaired) electrons. The van der Waals surface area contributed by atoms with Crippen LogP contribution in [0.3, 0.4) is 0 Å². The normalized spacial score (nSPS) is 14.6. The Labute approximate surface area is 230 Å². The molecule has 0 N–H and O–H groups in total. The van der Waals surface area contributed by atoms with Crippen LogP contribution in [0, 0.1) is 10.1 Å². The summed E-state index contributed by atoms with van der Waals surface area (Å²) in [7, 11) is 0. The van der Waals surface area contributed by atoms with E-state index in [9.17, 15) is 24.5 Å². The van der Waals surface area contributed by atoms with Gasteiger partial charge in [-0.05, 0) is 48.2 Å². The number of benzene rings is 3. The summed E-state index contributed by atoms with van der Waals surface area (Å²) in [5, 5.41) is 12.2. The predicted octanol–water partition coefficient (Wildman–Crippen LogP) is 6.82. The zero-order valence-corrected chi connectivity index (χ0v) is 21.8. The van der Waals surface area contributed by atoms with Gasteiger partial charge in [-0.15, -0.1) is 0 Å². The topological polar surface area (TPSA) is 103 Å². The Kier molecular flexibility index (Phi) is 7.07. The average Bonchev–Trinajstić information content (AvgIpc) is 3.38.